The lowest BCUT2D eigenvalue weighted by molar-refractivity contribution is -0.140. The molecule has 2 aromatic carbocycles. The summed E-state index contributed by atoms with van der Waals surface area (Å²) in [5, 5.41) is 11.3. The molecule has 0 radical (unpaired) electrons. The molecule has 7 heteroatoms. The number of likely N-dealkylation sites (N-methyl/N-ethyl adjacent to an activating group) is 1. The molecule has 0 aliphatic carbocycles. The second kappa shape index (κ2) is 10.1. The van der Waals surface area contributed by atoms with E-state index in [1.54, 1.807) is 17.0 Å². The monoisotopic (exact) mass is 451 g/mol. The first-order chi connectivity index (χ1) is 15.6. The second-order valence-electron chi connectivity index (χ2n) is 8.69. The fourth-order valence-corrected chi connectivity index (χ4v) is 4.02. The van der Waals surface area contributed by atoms with Crippen LogP contribution in [0.1, 0.15) is 29.7 Å². The van der Waals surface area contributed by atoms with Gasteiger partial charge in [0.2, 0.25) is 0 Å². The molecule has 3 rings (SSSR count). The van der Waals surface area contributed by atoms with E-state index in [0.717, 1.165) is 16.8 Å². The lowest BCUT2D eigenvalue weighted by Crippen LogP contribution is -2.35. The van der Waals surface area contributed by atoms with E-state index in [0.29, 0.717) is 31.0 Å². The third-order valence-electron chi connectivity index (χ3n) is 5.82. The quantitative estimate of drug-likeness (QED) is 0.377. The summed E-state index contributed by atoms with van der Waals surface area (Å²) in [6.07, 6.45) is 0. The molecule has 1 unspecified atom stereocenters. The summed E-state index contributed by atoms with van der Waals surface area (Å²) in [5.41, 5.74) is 3.18. The van der Waals surface area contributed by atoms with Crippen LogP contribution in [0.15, 0.2) is 48.0 Å². The Morgan fingerprint density at radius 3 is 2.27 bits per heavy atom. The Labute approximate surface area is 195 Å². The minimum absolute atomic E-state index is 0.114. The van der Waals surface area contributed by atoms with Gasteiger partial charge in [0.05, 0.1) is 18.2 Å². The lowest BCUT2D eigenvalue weighted by Gasteiger charge is -2.27. The summed E-state index contributed by atoms with van der Waals surface area (Å²) < 4.78 is 5.54. The largest absolute Gasteiger partial charge is 0.507 e. The number of carbonyl (C=O) groups is 2. The van der Waals surface area contributed by atoms with Gasteiger partial charge in [-0.3, -0.25) is 9.59 Å². The molecule has 2 aromatic rings. The molecule has 0 spiro atoms. The first kappa shape index (κ1) is 24.3. The zero-order chi connectivity index (χ0) is 24.3. The molecule has 0 aromatic heterocycles. The second-order valence-corrected chi connectivity index (χ2v) is 8.69. The van der Waals surface area contributed by atoms with Gasteiger partial charge >= 0.3 is 0 Å². The Balaban J connectivity index is 2.13. The van der Waals surface area contributed by atoms with Gasteiger partial charge in [0.25, 0.3) is 11.7 Å². The standard InChI is InChI=1S/C26H33N3O4/c1-7-33-20-12-13-21(17(2)16-20)24(30)22-23(18-8-10-19(11-9-18)28(5)6)29(15-14-27(3)4)26(32)25(22)31/h8-13,16,23,30H,7,14-15H2,1-6H3/b24-22-. The lowest BCUT2D eigenvalue weighted by atomic mass is 9.93. The molecule has 33 heavy (non-hydrogen) atoms. The molecule has 1 aliphatic rings. The van der Waals surface area contributed by atoms with Crippen molar-refractivity contribution in [2.45, 2.75) is 19.9 Å². The number of rotatable bonds is 8. The van der Waals surface area contributed by atoms with Crippen molar-refractivity contribution in [2.24, 2.45) is 0 Å². The number of benzene rings is 2. The zero-order valence-corrected chi connectivity index (χ0v) is 20.3. The fourth-order valence-electron chi connectivity index (χ4n) is 4.02. The average molecular weight is 452 g/mol. The molecule has 1 saturated heterocycles. The number of ether oxygens (including phenoxy) is 1. The van der Waals surface area contributed by atoms with Crippen LogP contribution in [0.5, 0.6) is 5.75 Å². The van der Waals surface area contributed by atoms with E-state index in [1.807, 2.05) is 82.2 Å². The summed E-state index contributed by atoms with van der Waals surface area (Å²) in [6.45, 7) is 5.25. The molecule has 1 heterocycles. The van der Waals surface area contributed by atoms with Crippen molar-refractivity contribution in [3.63, 3.8) is 0 Å². The van der Waals surface area contributed by atoms with Crippen LogP contribution in [0.3, 0.4) is 0 Å². The van der Waals surface area contributed by atoms with Crippen LogP contribution >= 0.6 is 0 Å². The number of ketones is 1. The van der Waals surface area contributed by atoms with E-state index in [9.17, 15) is 14.7 Å². The van der Waals surface area contributed by atoms with Gasteiger partial charge in [0.15, 0.2) is 0 Å². The van der Waals surface area contributed by atoms with Gasteiger partial charge in [-0.1, -0.05) is 12.1 Å². The van der Waals surface area contributed by atoms with Gasteiger partial charge in [-0.05, 0) is 69.4 Å². The number of anilines is 1. The molecular formula is C26H33N3O4. The van der Waals surface area contributed by atoms with Crippen molar-refractivity contribution in [3.8, 4) is 5.75 Å². The highest BCUT2D eigenvalue weighted by Crippen LogP contribution is 2.40. The van der Waals surface area contributed by atoms with E-state index in [4.69, 9.17) is 4.74 Å². The van der Waals surface area contributed by atoms with Crippen LogP contribution in [0, 0.1) is 6.92 Å². The number of amides is 1. The van der Waals surface area contributed by atoms with Crippen molar-refractivity contribution in [1.82, 2.24) is 9.80 Å². The number of carbonyl (C=O) groups excluding carboxylic acids is 2. The predicted molar refractivity (Wildman–Crippen MR) is 131 cm³/mol. The van der Waals surface area contributed by atoms with Crippen LogP contribution in [0.2, 0.25) is 0 Å². The highest BCUT2D eigenvalue weighted by molar-refractivity contribution is 6.46. The van der Waals surface area contributed by atoms with Crippen molar-refractivity contribution in [3.05, 3.63) is 64.7 Å². The van der Waals surface area contributed by atoms with Crippen LogP contribution in [-0.4, -0.2) is 74.5 Å². The Bertz CT molecular complexity index is 1060. The van der Waals surface area contributed by atoms with Gasteiger partial charge in [0, 0.05) is 38.4 Å². The number of aryl methyl sites for hydroxylation is 1. The molecule has 176 valence electrons. The Morgan fingerprint density at radius 2 is 1.73 bits per heavy atom. The fraction of sp³-hybridized carbons (Fsp3) is 0.385. The maximum atomic E-state index is 13.2. The van der Waals surface area contributed by atoms with E-state index in [1.165, 1.54) is 0 Å². The number of nitrogens with zero attached hydrogens (tertiary/aromatic N) is 3. The third kappa shape index (κ3) is 5.03. The highest BCUT2D eigenvalue weighted by atomic mass is 16.5. The van der Waals surface area contributed by atoms with Crippen molar-refractivity contribution >= 4 is 23.1 Å². The molecular weight excluding hydrogens is 418 g/mol. The summed E-state index contributed by atoms with van der Waals surface area (Å²) in [7, 11) is 7.74. The highest BCUT2D eigenvalue weighted by Gasteiger charge is 2.46. The average Bonchev–Trinajstić information content (AvgIpc) is 3.02. The number of hydrogen-bond donors (Lipinski definition) is 1. The normalized spacial score (nSPS) is 17.7. The molecule has 1 N–H and O–H groups in total. The molecule has 0 bridgehead atoms. The maximum absolute atomic E-state index is 13.2. The minimum Gasteiger partial charge on any atom is -0.507 e. The van der Waals surface area contributed by atoms with Crippen molar-refractivity contribution < 1.29 is 19.4 Å². The Hall–Kier alpha value is -3.32. The van der Waals surface area contributed by atoms with Crippen molar-refractivity contribution in [2.75, 3.05) is 52.8 Å². The minimum atomic E-state index is -0.666. The SMILES string of the molecule is CCOc1ccc(/C(O)=C2/C(=O)C(=O)N(CCN(C)C)C2c2ccc(N(C)C)cc2)c(C)c1. The number of aliphatic hydroxyl groups excluding tert-OH is 1. The molecule has 1 fully saturated rings. The van der Waals surface area contributed by atoms with E-state index >= 15 is 0 Å². The predicted octanol–water partition coefficient (Wildman–Crippen LogP) is 3.44. The van der Waals surface area contributed by atoms with Gasteiger partial charge in [-0.2, -0.15) is 0 Å². The number of aliphatic hydroxyl groups is 1. The smallest absolute Gasteiger partial charge is 0.295 e. The Kier molecular flexibility index (Phi) is 7.43. The zero-order valence-electron chi connectivity index (χ0n) is 20.3. The topological polar surface area (TPSA) is 73.3 Å². The molecule has 1 aliphatic heterocycles. The summed E-state index contributed by atoms with van der Waals surface area (Å²) >= 11 is 0. The van der Waals surface area contributed by atoms with Crippen LogP contribution in [0.4, 0.5) is 5.69 Å². The molecule has 1 atom stereocenters. The van der Waals surface area contributed by atoms with Gasteiger partial charge in [0.1, 0.15) is 11.5 Å². The van der Waals surface area contributed by atoms with Gasteiger partial charge in [-0.25, -0.2) is 0 Å². The third-order valence-corrected chi connectivity index (χ3v) is 5.82. The summed E-state index contributed by atoms with van der Waals surface area (Å²) in [5.74, 6) is -0.735. The van der Waals surface area contributed by atoms with E-state index < -0.39 is 17.7 Å². The van der Waals surface area contributed by atoms with Crippen LogP contribution in [-0.2, 0) is 9.59 Å². The summed E-state index contributed by atoms with van der Waals surface area (Å²) in [6, 6.07) is 12.4. The Morgan fingerprint density at radius 1 is 1.06 bits per heavy atom. The number of hydrogen-bond acceptors (Lipinski definition) is 6. The maximum Gasteiger partial charge on any atom is 0.295 e. The molecule has 7 nitrogen and oxygen atoms in total. The number of Topliss-reactive ketones (excluding diaryl/α,β-unsaturated/α-hetero) is 1. The number of likely N-dealkylation sites (tertiary alicyclic amines) is 1. The summed E-state index contributed by atoms with van der Waals surface area (Å²) in [4.78, 5) is 31.7. The van der Waals surface area contributed by atoms with Gasteiger partial charge in [-0.15, -0.1) is 0 Å². The van der Waals surface area contributed by atoms with E-state index in [-0.39, 0.29) is 11.3 Å². The molecule has 0 saturated carbocycles. The van der Waals surface area contributed by atoms with E-state index in [2.05, 4.69) is 0 Å². The van der Waals surface area contributed by atoms with Crippen LogP contribution < -0.4 is 9.64 Å². The van der Waals surface area contributed by atoms with Gasteiger partial charge < -0.3 is 24.5 Å². The molecule has 1 amide bonds. The van der Waals surface area contributed by atoms with Crippen LogP contribution in [0.25, 0.3) is 5.76 Å². The first-order valence-electron chi connectivity index (χ1n) is 11.1. The van der Waals surface area contributed by atoms with Crippen molar-refractivity contribution in [1.29, 1.82) is 0 Å². The first-order valence-corrected chi connectivity index (χ1v) is 11.1.